The molecule has 1 aliphatic heterocycles. The molecular formula is C27H36N4O3. The summed E-state index contributed by atoms with van der Waals surface area (Å²) < 4.78 is 0. The third-order valence-corrected chi connectivity index (χ3v) is 6.22. The van der Waals surface area contributed by atoms with Gasteiger partial charge in [0, 0.05) is 24.7 Å². The number of anilines is 1. The van der Waals surface area contributed by atoms with Gasteiger partial charge in [0.2, 0.25) is 17.7 Å². The minimum Gasteiger partial charge on any atom is -0.352 e. The molecule has 0 aromatic heterocycles. The first-order valence-corrected chi connectivity index (χ1v) is 12.0. The Bertz CT molecular complexity index is 988. The lowest BCUT2D eigenvalue weighted by Gasteiger charge is -2.23. The van der Waals surface area contributed by atoms with E-state index >= 15 is 0 Å². The molecule has 7 heteroatoms. The Kier molecular flexibility index (Phi) is 8.82. The minimum absolute atomic E-state index is 0.0204. The van der Waals surface area contributed by atoms with Crippen LogP contribution in [0.2, 0.25) is 0 Å². The Morgan fingerprint density at radius 2 is 1.74 bits per heavy atom. The number of likely N-dealkylation sites (tertiary alicyclic amines) is 1. The van der Waals surface area contributed by atoms with Crippen LogP contribution in [0.3, 0.4) is 0 Å². The van der Waals surface area contributed by atoms with E-state index in [0.717, 1.165) is 22.4 Å². The number of hydrogen-bond acceptors (Lipinski definition) is 4. The molecule has 2 aromatic carbocycles. The molecule has 3 N–H and O–H groups in total. The number of rotatable bonds is 9. The highest BCUT2D eigenvalue weighted by Crippen LogP contribution is 2.18. The quantitative estimate of drug-likeness (QED) is 0.532. The maximum atomic E-state index is 13.2. The number of carbonyl (C=O) groups is 3. The van der Waals surface area contributed by atoms with Crippen molar-refractivity contribution in [2.45, 2.75) is 64.6 Å². The Morgan fingerprint density at radius 3 is 2.38 bits per heavy atom. The summed E-state index contributed by atoms with van der Waals surface area (Å²) >= 11 is 0. The van der Waals surface area contributed by atoms with Gasteiger partial charge in [-0.2, -0.15) is 0 Å². The highest BCUT2D eigenvalue weighted by molar-refractivity contribution is 5.98. The molecule has 0 aliphatic carbocycles. The first-order chi connectivity index (χ1) is 16.2. The summed E-state index contributed by atoms with van der Waals surface area (Å²) in [4.78, 5) is 40.2. The van der Waals surface area contributed by atoms with Gasteiger partial charge in [-0.15, -0.1) is 0 Å². The second kappa shape index (κ2) is 11.8. The molecule has 34 heavy (non-hydrogen) atoms. The number of amides is 3. The zero-order chi connectivity index (χ0) is 24.7. The standard InChI is InChI=1S/C27H36N4O3/c1-5-25(32)28-22-16-24(31(4)17-22)27(34)30-23(12-11-20-9-7-6-8-10-20)26(33)29-21-14-18(2)13-19(3)15-21/h6-10,13-15,22-24H,5,11-12,16-17H2,1-4H3,(H,28,32)(H,29,33)(H,30,34). The molecule has 1 saturated heterocycles. The number of nitrogens with zero attached hydrogens (tertiary/aromatic N) is 1. The van der Waals surface area contributed by atoms with E-state index in [2.05, 4.69) is 16.0 Å². The number of benzene rings is 2. The van der Waals surface area contributed by atoms with Crippen molar-refractivity contribution in [3.8, 4) is 0 Å². The van der Waals surface area contributed by atoms with Gasteiger partial charge in [-0.05, 0) is 69.0 Å². The van der Waals surface area contributed by atoms with E-state index in [4.69, 9.17) is 0 Å². The zero-order valence-corrected chi connectivity index (χ0v) is 20.6. The van der Waals surface area contributed by atoms with E-state index < -0.39 is 12.1 Å². The van der Waals surface area contributed by atoms with Crippen molar-refractivity contribution in [3.63, 3.8) is 0 Å². The Morgan fingerprint density at radius 1 is 1.06 bits per heavy atom. The first kappa shape index (κ1) is 25.4. The second-order valence-electron chi connectivity index (χ2n) is 9.26. The molecule has 7 nitrogen and oxygen atoms in total. The fourth-order valence-corrected chi connectivity index (χ4v) is 4.51. The third-order valence-electron chi connectivity index (χ3n) is 6.22. The van der Waals surface area contributed by atoms with Crippen LogP contribution in [-0.4, -0.2) is 54.3 Å². The van der Waals surface area contributed by atoms with Crippen LogP contribution in [0.15, 0.2) is 48.5 Å². The van der Waals surface area contributed by atoms with E-state index in [1.165, 1.54) is 0 Å². The lowest BCUT2D eigenvalue weighted by Crippen LogP contribution is -2.50. The van der Waals surface area contributed by atoms with Gasteiger partial charge in [0.15, 0.2) is 0 Å². The highest BCUT2D eigenvalue weighted by atomic mass is 16.2. The normalized spacial score (nSPS) is 18.8. The molecule has 0 bridgehead atoms. The van der Waals surface area contributed by atoms with Crippen molar-refractivity contribution >= 4 is 23.4 Å². The smallest absolute Gasteiger partial charge is 0.246 e. The largest absolute Gasteiger partial charge is 0.352 e. The number of likely N-dealkylation sites (N-methyl/N-ethyl adjacent to an activating group) is 1. The summed E-state index contributed by atoms with van der Waals surface area (Å²) in [5, 5.41) is 8.95. The van der Waals surface area contributed by atoms with Crippen molar-refractivity contribution in [1.82, 2.24) is 15.5 Å². The van der Waals surface area contributed by atoms with Gasteiger partial charge in [-0.3, -0.25) is 19.3 Å². The van der Waals surface area contributed by atoms with Crippen LogP contribution in [0.5, 0.6) is 0 Å². The fraction of sp³-hybridized carbons (Fsp3) is 0.444. The molecule has 0 saturated carbocycles. The zero-order valence-electron chi connectivity index (χ0n) is 20.6. The molecule has 3 rings (SSSR count). The highest BCUT2D eigenvalue weighted by Gasteiger charge is 2.36. The summed E-state index contributed by atoms with van der Waals surface area (Å²) in [6, 6.07) is 14.7. The van der Waals surface area contributed by atoms with Crippen molar-refractivity contribution in [2.75, 3.05) is 18.9 Å². The van der Waals surface area contributed by atoms with Gasteiger partial charge in [-0.1, -0.05) is 43.3 Å². The van der Waals surface area contributed by atoms with E-state index in [0.29, 0.717) is 32.2 Å². The van der Waals surface area contributed by atoms with Crippen LogP contribution < -0.4 is 16.0 Å². The molecule has 1 aliphatic rings. The summed E-state index contributed by atoms with van der Waals surface area (Å²) in [6.07, 6.45) is 2.09. The van der Waals surface area contributed by atoms with Crippen LogP contribution in [0, 0.1) is 13.8 Å². The molecular weight excluding hydrogens is 428 g/mol. The predicted octanol–water partition coefficient (Wildman–Crippen LogP) is 2.96. The van der Waals surface area contributed by atoms with Gasteiger partial charge in [0.25, 0.3) is 0 Å². The molecule has 0 spiro atoms. The van der Waals surface area contributed by atoms with Crippen LogP contribution in [0.1, 0.15) is 42.9 Å². The maximum Gasteiger partial charge on any atom is 0.246 e. The molecule has 3 unspecified atom stereocenters. The monoisotopic (exact) mass is 464 g/mol. The van der Waals surface area contributed by atoms with Gasteiger partial charge >= 0.3 is 0 Å². The molecule has 1 fully saturated rings. The lowest BCUT2D eigenvalue weighted by molar-refractivity contribution is -0.129. The molecule has 1 heterocycles. The third kappa shape index (κ3) is 7.15. The summed E-state index contributed by atoms with van der Waals surface area (Å²) in [5.41, 5.74) is 3.96. The number of hydrogen-bond donors (Lipinski definition) is 3. The first-order valence-electron chi connectivity index (χ1n) is 12.0. The van der Waals surface area contributed by atoms with Crippen molar-refractivity contribution in [1.29, 1.82) is 0 Å². The van der Waals surface area contributed by atoms with Crippen molar-refractivity contribution < 1.29 is 14.4 Å². The number of aryl methyl sites for hydroxylation is 3. The van der Waals surface area contributed by atoms with Gasteiger partial charge < -0.3 is 16.0 Å². The molecule has 2 aromatic rings. The topological polar surface area (TPSA) is 90.5 Å². The van der Waals surface area contributed by atoms with Crippen LogP contribution >= 0.6 is 0 Å². The Labute approximate surface area is 202 Å². The van der Waals surface area contributed by atoms with Crippen LogP contribution in [0.25, 0.3) is 0 Å². The molecule has 0 radical (unpaired) electrons. The summed E-state index contributed by atoms with van der Waals surface area (Å²) in [6.45, 7) is 6.39. The lowest BCUT2D eigenvalue weighted by atomic mass is 10.0. The molecule has 3 atom stereocenters. The Hall–Kier alpha value is -3.19. The molecule has 182 valence electrons. The minimum atomic E-state index is -0.675. The number of nitrogens with one attached hydrogen (secondary N) is 3. The van der Waals surface area contributed by atoms with Crippen LogP contribution in [0.4, 0.5) is 5.69 Å². The fourth-order valence-electron chi connectivity index (χ4n) is 4.51. The van der Waals surface area contributed by atoms with Crippen molar-refractivity contribution in [3.05, 3.63) is 65.2 Å². The summed E-state index contributed by atoms with van der Waals surface area (Å²) in [7, 11) is 1.87. The number of carbonyl (C=O) groups excluding carboxylic acids is 3. The van der Waals surface area contributed by atoms with Crippen LogP contribution in [-0.2, 0) is 20.8 Å². The van der Waals surface area contributed by atoms with Gasteiger partial charge in [-0.25, -0.2) is 0 Å². The average Bonchev–Trinajstić information content (AvgIpc) is 3.16. The summed E-state index contributed by atoms with van der Waals surface area (Å²) in [5.74, 6) is -0.442. The van der Waals surface area contributed by atoms with E-state index in [9.17, 15) is 14.4 Å². The van der Waals surface area contributed by atoms with E-state index in [-0.39, 0.29) is 23.8 Å². The Balaban J connectivity index is 1.70. The van der Waals surface area contributed by atoms with Gasteiger partial charge in [0.1, 0.15) is 6.04 Å². The molecule has 3 amide bonds. The second-order valence-corrected chi connectivity index (χ2v) is 9.26. The predicted molar refractivity (Wildman–Crippen MR) is 134 cm³/mol. The van der Waals surface area contributed by atoms with Gasteiger partial charge in [0.05, 0.1) is 6.04 Å². The average molecular weight is 465 g/mol. The van der Waals surface area contributed by atoms with E-state index in [1.54, 1.807) is 0 Å². The van der Waals surface area contributed by atoms with Crippen molar-refractivity contribution in [2.24, 2.45) is 0 Å². The maximum absolute atomic E-state index is 13.2. The van der Waals surface area contributed by atoms with E-state index in [1.807, 2.05) is 81.2 Å². The SMILES string of the molecule is CCC(=O)NC1CC(C(=O)NC(CCc2ccccc2)C(=O)Nc2cc(C)cc(C)c2)N(C)C1.